The molecule has 118 valence electrons. The first-order chi connectivity index (χ1) is 10.9. The predicted molar refractivity (Wildman–Crippen MR) is 94.1 cm³/mol. The lowest BCUT2D eigenvalue weighted by Crippen LogP contribution is -2.11. The van der Waals surface area contributed by atoms with Crippen molar-refractivity contribution in [3.8, 4) is 0 Å². The summed E-state index contributed by atoms with van der Waals surface area (Å²) in [5, 5.41) is 3.12. The maximum absolute atomic E-state index is 12.6. The molecule has 2 aromatic carbocycles. The Labute approximate surface area is 136 Å². The fourth-order valence-corrected chi connectivity index (χ4v) is 3.55. The normalized spacial score (nSPS) is 15.4. The molecular weight excluding hydrogens is 308 g/mol. The van der Waals surface area contributed by atoms with E-state index < -0.39 is 10.0 Å². The van der Waals surface area contributed by atoms with Crippen LogP contribution in [0.15, 0.2) is 63.4 Å². The van der Waals surface area contributed by atoms with Crippen molar-refractivity contribution in [2.75, 3.05) is 5.32 Å². The Morgan fingerprint density at radius 1 is 1.00 bits per heavy atom. The van der Waals surface area contributed by atoms with Crippen molar-refractivity contribution >= 4 is 27.1 Å². The third-order valence-electron chi connectivity index (χ3n) is 3.72. The number of rotatable bonds is 2. The lowest BCUT2D eigenvalue weighted by atomic mass is 10.0. The van der Waals surface area contributed by atoms with Crippen molar-refractivity contribution < 1.29 is 8.42 Å². The number of aryl methyl sites for hydroxylation is 1. The zero-order valence-electron chi connectivity index (χ0n) is 13.3. The van der Waals surface area contributed by atoms with E-state index in [4.69, 9.17) is 0 Å². The summed E-state index contributed by atoms with van der Waals surface area (Å²) in [7, 11) is -3.75. The van der Waals surface area contributed by atoms with Crippen molar-refractivity contribution in [1.82, 2.24) is 0 Å². The number of para-hydroxylation sites is 1. The van der Waals surface area contributed by atoms with Crippen LogP contribution in [-0.4, -0.2) is 14.3 Å². The van der Waals surface area contributed by atoms with E-state index in [1.54, 1.807) is 24.3 Å². The SMILES string of the molecule is CC(C)=C1/C(=N/S(=O)(=O)c2ccc(C)cc2)Nc2ccccc21. The molecule has 23 heavy (non-hydrogen) atoms. The fraction of sp³-hybridized carbons (Fsp3) is 0.167. The third-order valence-corrected chi connectivity index (χ3v) is 5.01. The van der Waals surface area contributed by atoms with Crippen LogP contribution in [-0.2, 0) is 10.0 Å². The van der Waals surface area contributed by atoms with E-state index in [9.17, 15) is 8.42 Å². The first-order valence-corrected chi connectivity index (χ1v) is 8.78. The van der Waals surface area contributed by atoms with E-state index in [1.807, 2.05) is 45.0 Å². The number of allylic oxidation sites excluding steroid dienone is 1. The molecule has 1 heterocycles. The van der Waals surface area contributed by atoms with Gasteiger partial charge < -0.3 is 5.32 Å². The number of nitrogens with one attached hydrogen (secondary N) is 1. The molecule has 0 spiro atoms. The maximum atomic E-state index is 12.6. The number of fused-ring (bicyclic) bond motifs is 1. The van der Waals surface area contributed by atoms with Gasteiger partial charge in [-0.2, -0.15) is 8.42 Å². The highest BCUT2D eigenvalue weighted by molar-refractivity contribution is 7.90. The summed E-state index contributed by atoms with van der Waals surface area (Å²) in [4.78, 5) is 0.196. The van der Waals surface area contributed by atoms with Crippen LogP contribution >= 0.6 is 0 Å². The Balaban J connectivity index is 2.10. The second-order valence-electron chi connectivity index (χ2n) is 5.77. The molecule has 0 saturated carbocycles. The molecule has 1 aliphatic rings. The van der Waals surface area contributed by atoms with Gasteiger partial charge in [0.1, 0.15) is 0 Å². The highest BCUT2D eigenvalue weighted by Crippen LogP contribution is 2.34. The summed E-state index contributed by atoms with van der Waals surface area (Å²) in [6.45, 7) is 5.82. The first kappa shape index (κ1) is 15.5. The summed E-state index contributed by atoms with van der Waals surface area (Å²) in [6.07, 6.45) is 0. The van der Waals surface area contributed by atoms with Crippen molar-refractivity contribution in [3.05, 3.63) is 65.2 Å². The fourth-order valence-electron chi connectivity index (χ4n) is 2.59. The number of nitrogens with zero attached hydrogens (tertiary/aromatic N) is 1. The quantitative estimate of drug-likeness (QED) is 0.907. The third kappa shape index (κ3) is 2.92. The average molecular weight is 326 g/mol. The molecular formula is C18H18N2O2S. The highest BCUT2D eigenvalue weighted by Gasteiger charge is 2.25. The van der Waals surface area contributed by atoms with Gasteiger partial charge in [-0.3, -0.25) is 0 Å². The summed E-state index contributed by atoms with van der Waals surface area (Å²) in [5.41, 5.74) is 4.72. The molecule has 0 atom stereocenters. The van der Waals surface area contributed by atoms with Crippen LogP contribution in [0.25, 0.3) is 5.57 Å². The second kappa shape index (κ2) is 5.66. The van der Waals surface area contributed by atoms with Crippen LogP contribution in [0.2, 0.25) is 0 Å². The zero-order chi connectivity index (χ0) is 16.6. The summed E-state index contributed by atoms with van der Waals surface area (Å²) < 4.78 is 29.2. The van der Waals surface area contributed by atoms with Crippen molar-refractivity contribution in [3.63, 3.8) is 0 Å². The van der Waals surface area contributed by atoms with Gasteiger partial charge in [-0.15, -0.1) is 4.40 Å². The first-order valence-electron chi connectivity index (χ1n) is 7.34. The predicted octanol–water partition coefficient (Wildman–Crippen LogP) is 4.00. The van der Waals surface area contributed by atoms with E-state index in [1.165, 1.54) is 0 Å². The Bertz CT molecular complexity index is 920. The van der Waals surface area contributed by atoms with Crippen LogP contribution in [0.5, 0.6) is 0 Å². The molecule has 3 rings (SSSR count). The number of amidine groups is 1. The molecule has 4 nitrogen and oxygen atoms in total. The van der Waals surface area contributed by atoms with Gasteiger partial charge >= 0.3 is 0 Å². The minimum atomic E-state index is -3.75. The average Bonchev–Trinajstić information content (AvgIpc) is 2.84. The van der Waals surface area contributed by atoms with Crippen molar-refractivity contribution in [2.24, 2.45) is 4.40 Å². The largest absolute Gasteiger partial charge is 0.339 e. The lowest BCUT2D eigenvalue weighted by molar-refractivity contribution is 0.598. The maximum Gasteiger partial charge on any atom is 0.284 e. The van der Waals surface area contributed by atoms with Crippen molar-refractivity contribution in [1.29, 1.82) is 0 Å². The summed E-state index contributed by atoms with van der Waals surface area (Å²) in [5.74, 6) is 0.381. The molecule has 5 heteroatoms. The van der Waals surface area contributed by atoms with Gasteiger partial charge in [0.25, 0.3) is 10.0 Å². The molecule has 2 aromatic rings. The molecule has 0 aromatic heterocycles. The molecule has 0 fully saturated rings. The summed E-state index contributed by atoms with van der Waals surface area (Å²) >= 11 is 0. The van der Waals surface area contributed by atoms with Crippen LogP contribution in [0.3, 0.4) is 0 Å². The zero-order valence-corrected chi connectivity index (χ0v) is 14.1. The van der Waals surface area contributed by atoms with Gasteiger partial charge in [0, 0.05) is 16.8 Å². The van der Waals surface area contributed by atoms with Gasteiger partial charge in [-0.05, 0) is 39.0 Å². The Morgan fingerprint density at radius 2 is 1.65 bits per heavy atom. The standard InChI is InChI=1S/C18H18N2O2S/c1-12(2)17-15-6-4-5-7-16(15)19-18(17)20-23(21,22)14-10-8-13(3)9-11-14/h4-11H,1-3H3,(H,19,20). The second-order valence-corrected chi connectivity index (χ2v) is 7.38. The van der Waals surface area contributed by atoms with Gasteiger partial charge in [-0.25, -0.2) is 0 Å². The van der Waals surface area contributed by atoms with Crippen LogP contribution < -0.4 is 5.32 Å². The number of anilines is 1. The van der Waals surface area contributed by atoms with Gasteiger partial charge in [0.05, 0.1) is 4.90 Å². The molecule has 0 amide bonds. The minimum absolute atomic E-state index is 0.196. The molecule has 0 saturated heterocycles. The van der Waals surface area contributed by atoms with Gasteiger partial charge in [0.2, 0.25) is 0 Å². The Kier molecular flexibility index (Phi) is 3.82. The Morgan fingerprint density at radius 3 is 2.30 bits per heavy atom. The number of sulfonamides is 1. The van der Waals surface area contributed by atoms with Crippen molar-refractivity contribution in [2.45, 2.75) is 25.7 Å². The van der Waals surface area contributed by atoms with E-state index in [2.05, 4.69) is 9.71 Å². The smallest absolute Gasteiger partial charge is 0.284 e. The minimum Gasteiger partial charge on any atom is -0.339 e. The van der Waals surface area contributed by atoms with Gasteiger partial charge in [-0.1, -0.05) is 41.5 Å². The monoisotopic (exact) mass is 326 g/mol. The summed E-state index contributed by atoms with van der Waals surface area (Å²) in [6, 6.07) is 14.4. The van der Waals surface area contributed by atoms with E-state index in [0.29, 0.717) is 5.84 Å². The van der Waals surface area contributed by atoms with Gasteiger partial charge in [0.15, 0.2) is 5.84 Å². The molecule has 0 unspecified atom stereocenters. The molecule has 1 N–H and O–H groups in total. The molecule has 0 radical (unpaired) electrons. The van der Waals surface area contributed by atoms with E-state index in [0.717, 1.165) is 28.0 Å². The Hall–Kier alpha value is -2.40. The molecule has 1 aliphatic heterocycles. The number of benzene rings is 2. The van der Waals surface area contributed by atoms with Crippen LogP contribution in [0.1, 0.15) is 25.0 Å². The molecule has 0 bridgehead atoms. The van der Waals surface area contributed by atoms with E-state index >= 15 is 0 Å². The lowest BCUT2D eigenvalue weighted by Gasteiger charge is -2.05. The highest BCUT2D eigenvalue weighted by atomic mass is 32.2. The number of hydrogen-bond acceptors (Lipinski definition) is 2. The topological polar surface area (TPSA) is 58.5 Å². The van der Waals surface area contributed by atoms with E-state index in [-0.39, 0.29) is 4.90 Å². The molecule has 0 aliphatic carbocycles. The van der Waals surface area contributed by atoms with Crippen LogP contribution in [0.4, 0.5) is 5.69 Å². The van der Waals surface area contributed by atoms with Crippen LogP contribution in [0, 0.1) is 6.92 Å². The number of hydrogen-bond donors (Lipinski definition) is 1.